The second-order valence-corrected chi connectivity index (χ2v) is 9.01. The molecule has 0 saturated carbocycles. The Labute approximate surface area is 188 Å². The molecule has 0 saturated heterocycles. The van der Waals surface area contributed by atoms with Crippen LogP contribution in [-0.2, 0) is 42.1 Å². The Balaban J connectivity index is 1.54. The van der Waals surface area contributed by atoms with Gasteiger partial charge in [0, 0.05) is 4.88 Å². The maximum Gasteiger partial charge on any atom is 0.332 e. The number of carbonyl (C=O) groups is 1. The van der Waals surface area contributed by atoms with E-state index in [4.69, 9.17) is 4.74 Å². The summed E-state index contributed by atoms with van der Waals surface area (Å²) in [5.74, 6) is -0.504. The third kappa shape index (κ3) is 3.80. The van der Waals surface area contributed by atoms with E-state index >= 15 is 0 Å². The number of ether oxygens (including phenoxy) is 1. The van der Waals surface area contributed by atoms with Crippen LogP contribution in [-0.4, -0.2) is 15.1 Å². The zero-order valence-electron chi connectivity index (χ0n) is 17.5. The van der Waals surface area contributed by atoms with Gasteiger partial charge in [0.2, 0.25) is 0 Å². The van der Waals surface area contributed by atoms with Crippen molar-refractivity contribution in [1.29, 1.82) is 0 Å². The minimum Gasteiger partial charge on any atom is -0.459 e. The lowest BCUT2D eigenvalue weighted by Crippen LogP contribution is -2.41. The first-order valence-electron chi connectivity index (χ1n) is 10.6. The number of benzene rings is 2. The highest BCUT2D eigenvalue weighted by atomic mass is 32.1. The number of nitrogens with zero attached hydrogens (tertiary/aromatic N) is 2. The summed E-state index contributed by atoms with van der Waals surface area (Å²) in [6.45, 7) is 0.0803. The average Bonchev–Trinajstić information content (AvgIpc) is 3.41. The van der Waals surface area contributed by atoms with E-state index in [9.17, 15) is 14.4 Å². The number of hydrogen-bond donors (Lipinski definition) is 0. The first kappa shape index (κ1) is 20.5. The van der Waals surface area contributed by atoms with Gasteiger partial charge in [-0.3, -0.25) is 18.7 Å². The van der Waals surface area contributed by atoms with Crippen LogP contribution in [0.25, 0.3) is 10.2 Å². The monoisotopic (exact) mass is 446 g/mol. The lowest BCUT2D eigenvalue weighted by atomic mass is 10.2. The van der Waals surface area contributed by atoms with E-state index < -0.39 is 11.7 Å². The Morgan fingerprint density at radius 2 is 1.59 bits per heavy atom. The molecule has 0 bridgehead atoms. The molecule has 1 aliphatic carbocycles. The highest BCUT2D eigenvalue weighted by Gasteiger charge is 2.25. The van der Waals surface area contributed by atoms with E-state index in [1.807, 2.05) is 60.7 Å². The molecule has 2 aromatic carbocycles. The van der Waals surface area contributed by atoms with Crippen molar-refractivity contribution < 1.29 is 9.53 Å². The minimum atomic E-state index is -0.504. The highest BCUT2D eigenvalue weighted by molar-refractivity contribution is 7.19. The molecule has 0 atom stereocenters. The molecular formula is C25H22N2O4S. The normalized spacial score (nSPS) is 12.8. The van der Waals surface area contributed by atoms with Crippen LogP contribution in [0.1, 0.15) is 28.0 Å². The summed E-state index contributed by atoms with van der Waals surface area (Å²) in [5, 5.41) is 0.578. The third-order valence-corrected chi connectivity index (χ3v) is 7.10. The van der Waals surface area contributed by atoms with Crippen molar-refractivity contribution in [2.45, 2.75) is 39.0 Å². The van der Waals surface area contributed by atoms with Crippen LogP contribution in [0.2, 0.25) is 0 Å². The lowest BCUT2D eigenvalue weighted by molar-refractivity contribution is -0.145. The number of rotatable bonds is 6. The van der Waals surface area contributed by atoms with Crippen molar-refractivity contribution in [2.24, 2.45) is 0 Å². The average molecular weight is 447 g/mol. The summed E-state index contributed by atoms with van der Waals surface area (Å²) in [7, 11) is 0. The van der Waals surface area contributed by atoms with Crippen molar-refractivity contribution in [3.63, 3.8) is 0 Å². The number of fused-ring (bicyclic) bond motifs is 3. The van der Waals surface area contributed by atoms with Gasteiger partial charge in [-0.25, -0.2) is 4.79 Å². The highest BCUT2D eigenvalue weighted by Crippen LogP contribution is 2.35. The molecule has 0 fully saturated rings. The summed E-state index contributed by atoms with van der Waals surface area (Å²) < 4.78 is 8.08. The Kier molecular flexibility index (Phi) is 5.49. The second kappa shape index (κ2) is 8.59. The van der Waals surface area contributed by atoms with E-state index in [2.05, 4.69) is 0 Å². The largest absolute Gasteiger partial charge is 0.459 e. The van der Waals surface area contributed by atoms with Gasteiger partial charge in [0.05, 0.1) is 11.9 Å². The molecule has 0 unspecified atom stereocenters. The van der Waals surface area contributed by atoms with Crippen molar-refractivity contribution in [3.8, 4) is 0 Å². The van der Waals surface area contributed by atoms with Gasteiger partial charge in [0.1, 0.15) is 18.0 Å². The lowest BCUT2D eigenvalue weighted by Gasteiger charge is -2.13. The molecular weight excluding hydrogens is 424 g/mol. The standard InChI is InChI=1S/C25H22N2O4S/c28-21(31-16-18-10-5-2-6-11-18)15-27-24-22(19-12-7-13-20(19)32-24)23(29)26(25(27)30)14-17-8-3-1-4-9-17/h1-6,8-11H,7,12-16H2. The number of thiophene rings is 1. The van der Waals surface area contributed by atoms with Crippen LogP contribution in [0, 0.1) is 0 Å². The molecule has 1 aliphatic rings. The fraction of sp³-hybridized carbons (Fsp3) is 0.240. The molecule has 0 spiro atoms. The smallest absolute Gasteiger partial charge is 0.332 e. The predicted octanol–water partition coefficient (Wildman–Crippen LogP) is 3.51. The van der Waals surface area contributed by atoms with E-state index in [1.54, 1.807) is 0 Å². The van der Waals surface area contributed by atoms with Gasteiger partial charge in [-0.15, -0.1) is 11.3 Å². The van der Waals surface area contributed by atoms with E-state index in [1.165, 1.54) is 20.5 Å². The fourth-order valence-electron chi connectivity index (χ4n) is 4.21. The van der Waals surface area contributed by atoms with E-state index in [-0.39, 0.29) is 25.3 Å². The molecule has 2 aromatic heterocycles. The molecule has 0 aliphatic heterocycles. The number of esters is 1. The Morgan fingerprint density at radius 3 is 2.31 bits per heavy atom. The fourth-order valence-corrected chi connectivity index (χ4v) is 5.59. The van der Waals surface area contributed by atoms with Crippen molar-refractivity contribution in [3.05, 3.63) is 103 Å². The quantitative estimate of drug-likeness (QED) is 0.425. The Morgan fingerprint density at radius 1 is 0.906 bits per heavy atom. The van der Waals surface area contributed by atoms with Gasteiger partial charge >= 0.3 is 11.7 Å². The molecule has 4 aromatic rings. The predicted molar refractivity (Wildman–Crippen MR) is 124 cm³/mol. The number of aromatic nitrogens is 2. The van der Waals surface area contributed by atoms with Crippen LogP contribution in [0.5, 0.6) is 0 Å². The van der Waals surface area contributed by atoms with Gasteiger partial charge in [0.25, 0.3) is 5.56 Å². The molecule has 162 valence electrons. The topological polar surface area (TPSA) is 70.3 Å². The Bertz CT molecular complexity index is 1400. The molecule has 5 rings (SSSR count). The maximum absolute atomic E-state index is 13.4. The van der Waals surface area contributed by atoms with Gasteiger partial charge < -0.3 is 4.74 Å². The summed E-state index contributed by atoms with van der Waals surface area (Å²) in [4.78, 5) is 41.1. The first-order valence-corrected chi connectivity index (χ1v) is 11.4. The Hall–Kier alpha value is -3.45. The second-order valence-electron chi connectivity index (χ2n) is 7.93. The van der Waals surface area contributed by atoms with Crippen molar-refractivity contribution >= 4 is 27.5 Å². The van der Waals surface area contributed by atoms with Crippen LogP contribution in [0.3, 0.4) is 0 Å². The first-order chi connectivity index (χ1) is 15.6. The molecule has 0 radical (unpaired) electrons. The summed E-state index contributed by atoms with van der Waals surface area (Å²) in [6.07, 6.45) is 2.74. The maximum atomic E-state index is 13.4. The number of hydrogen-bond acceptors (Lipinski definition) is 5. The van der Waals surface area contributed by atoms with E-state index in [0.717, 1.165) is 40.8 Å². The van der Waals surface area contributed by atoms with Gasteiger partial charge in [0.15, 0.2) is 0 Å². The SMILES string of the molecule is O=C(Cn1c(=O)n(Cc2ccccc2)c(=O)c2c3c(sc21)CCC3)OCc1ccccc1. The molecule has 32 heavy (non-hydrogen) atoms. The summed E-state index contributed by atoms with van der Waals surface area (Å²) in [5.41, 5.74) is 2.01. The summed E-state index contributed by atoms with van der Waals surface area (Å²) in [6, 6.07) is 18.8. The summed E-state index contributed by atoms with van der Waals surface area (Å²) >= 11 is 1.45. The molecule has 0 N–H and O–H groups in total. The molecule has 6 nitrogen and oxygen atoms in total. The van der Waals surface area contributed by atoms with Gasteiger partial charge in [-0.1, -0.05) is 60.7 Å². The van der Waals surface area contributed by atoms with Crippen molar-refractivity contribution in [2.75, 3.05) is 0 Å². The van der Waals surface area contributed by atoms with E-state index in [0.29, 0.717) is 10.2 Å². The van der Waals surface area contributed by atoms with Crippen LogP contribution >= 0.6 is 11.3 Å². The third-order valence-electron chi connectivity index (χ3n) is 5.78. The zero-order valence-corrected chi connectivity index (χ0v) is 18.3. The van der Waals surface area contributed by atoms with Crippen LogP contribution < -0.4 is 11.2 Å². The molecule has 2 heterocycles. The van der Waals surface area contributed by atoms with Gasteiger partial charge in [-0.05, 0) is 36.0 Å². The minimum absolute atomic E-state index is 0.141. The molecule has 0 amide bonds. The number of carbonyl (C=O) groups excluding carboxylic acids is 1. The van der Waals surface area contributed by atoms with Crippen LogP contribution in [0.4, 0.5) is 0 Å². The van der Waals surface area contributed by atoms with Crippen molar-refractivity contribution in [1.82, 2.24) is 9.13 Å². The van der Waals surface area contributed by atoms with Gasteiger partial charge in [-0.2, -0.15) is 0 Å². The zero-order chi connectivity index (χ0) is 22.1. The number of aryl methyl sites for hydroxylation is 2. The molecule has 7 heteroatoms. The van der Waals surface area contributed by atoms with Crippen LogP contribution in [0.15, 0.2) is 70.3 Å².